The van der Waals surface area contributed by atoms with Gasteiger partial charge < -0.3 is 14.8 Å². The maximum absolute atomic E-state index is 12.1. The summed E-state index contributed by atoms with van der Waals surface area (Å²) in [5.41, 5.74) is 1.30. The van der Waals surface area contributed by atoms with Gasteiger partial charge in [0, 0.05) is 38.0 Å². The van der Waals surface area contributed by atoms with Gasteiger partial charge in [0.05, 0.1) is 12.7 Å². The number of fused-ring (bicyclic) bond motifs is 1. The van der Waals surface area contributed by atoms with Crippen molar-refractivity contribution >= 4 is 5.91 Å². The molecule has 4 heteroatoms. The second kappa shape index (κ2) is 5.63. The third-order valence-corrected chi connectivity index (χ3v) is 4.74. The molecule has 3 rings (SSSR count). The number of amides is 1. The van der Waals surface area contributed by atoms with E-state index in [1.807, 2.05) is 0 Å². The predicted molar refractivity (Wildman–Crippen MR) is 71.7 cm³/mol. The Morgan fingerprint density at radius 1 is 1.58 bits per heavy atom. The van der Waals surface area contributed by atoms with Gasteiger partial charge in [0.2, 0.25) is 5.91 Å². The Morgan fingerprint density at radius 2 is 2.47 bits per heavy atom. The molecule has 2 aliphatic carbocycles. The van der Waals surface area contributed by atoms with E-state index in [2.05, 4.69) is 11.4 Å². The highest BCUT2D eigenvalue weighted by Crippen LogP contribution is 2.43. The van der Waals surface area contributed by atoms with Crippen LogP contribution in [0.15, 0.2) is 11.6 Å². The molecule has 19 heavy (non-hydrogen) atoms. The highest BCUT2D eigenvalue weighted by atomic mass is 16.5. The van der Waals surface area contributed by atoms with Gasteiger partial charge in [-0.3, -0.25) is 4.79 Å². The molecule has 106 valence electrons. The van der Waals surface area contributed by atoms with Crippen LogP contribution < -0.4 is 5.32 Å². The molecular weight excluding hydrogens is 242 g/mol. The van der Waals surface area contributed by atoms with Crippen LogP contribution in [-0.2, 0) is 14.3 Å². The summed E-state index contributed by atoms with van der Waals surface area (Å²) >= 11 is 0. The van der Waals surface area contributed by atoms with Crippen molar-refractivity contribution in [2.75, 3.05) is 20.3 Å². The summed E-state index contributed by atoms with van der Waals surface area (Å²) in [6.07, 6.45) is 7.60. The quantitative estimate of drug-likeness (QED) is 0.769. The third-order valence-electron chi connectivity index (χ3n) is 4.74. The van der Waals surface area contributed by atoms with E-state index >= 15 is 0 Å². The first-order valence-electron chi connectivity index (χ1n) is 7.37. The number of methoxy groups -OCH3 is 1. The lowest BCUT2D eigenvalue weighted by Gasteiger charge is -2.47. The third kappa shape index (κ3) is 2.56. The van der Waals surface area contributed by atoms with Gasteiger partial charge >= 0.3 is 0 Å². The lowest BCUT2D eigenvalue weighted by atomic mass is 9.67. The Bertz CT molecular complexity index is 380. The van der Waals surface area contributed by atoms with Gasteiger partial charge in [-0.2, -0.15) is 0 Å². The minimum atomic E-state index is 0.171. The highest BCUT2D eigenvalue weighted by Gasteiger charge is 2.54. The molecule has 1 heterocycles. The largest absolute Gasteiger partial charge is 0.384 e. The topological polar surface area (TPSA) is 47.6 Å². The first-order chi connectivity index (χ1) is 9.29. The van der Waals surface area contributed by atoms with E-state index in [-0.39, 0.29) is 11.9 Å². The smallest absolute Gasteiger partial charge is 0.224 e. The molecule has 0 aromatic rings. The maximum Gasteiger partial charge on any atom is 0.224 e. The fraction of sp³-hybridized carbons (Fsp3) is 0.800. The van der Waals surface area contributed by atoms with Crippen molar-refractivity contribution in [3.05, 3.63) is 11.6 Å². The normalized spacial score (nSPS) is 36.6. The van der Waals surface area contributed by atoms with Gasteiger partial charge in [-0.1, -0.05) is 11.6 Å². The van der Waals surface area contributed by atoms with E-state index in [0.29, 0.717) is 31.0 Å². The summed E-state index contributed by atoms with van der Waals surface area (Å²) in [6, 6.07) is 0.252. The van der Waals surface area contributed by atoms with E-state index in [0.717, 1.165) is 25.9 Å². The molecule has 0 aromatic heterocycles. The Labute approximate surface area is 114 Å². The van der Waals surface area contributed by atoms with Gasteiger partial charge in [-0.25, -0.2) is 0 Å². The van der Waals surface area contributed by atoms with Crippen molar-refractivity contribution < 1.29 is 14.3 Å². The number of hydrogen-bond acceptors (Lipinski definition) is 3. The van der Waals surface area contributed by atoms with E-state index < -0.39 is 0 Å². The van der Waals surface area contributed by atoms with E-state index in [4.69, 9.17) is 9.47 Å². The van der Waals surface area contributed by atoms with Crippen LogP contribution in [0.1, 0.15) is 32.1 Å². The van der Waals surface area contributed by atoms with Crippen LogP contribution in [0.25, 0.3) is 0 Å². The molecule has 1 N–H and O–H groups in total. The molecule has 1 aliphatic heterocycles. The van der Waals surface area contributed by atoms with Crippen molar-refractivity contribution in [3.63, 3.8) is 0 Å². The molecular formula is C15H23NO3. The molecule has 3 aliphatic rings. The van der Waals surface area contributed by atoms with Crippen LogP contribution in [0.4, 0.5) is 0 Å². The predicted octanol–water partition coefficient (Wildman–Crippen LogP) is 1.65. The molecule has 0 spiro atoms. The number of carbonyl (C=O) groups excluding carboxylic acids is 1. The monoisotopic (exact) mass is 265 g/mol. The summed E-state index contributed by atoms with van der Waals surface area (Å²) in [5, 5.41) is 3.21. The number of nitrogens with one attached hydrogen (secondary N) is 1. The second-order valence-corrected chi connectivity index (χ2v) is 5.93. The van der Waals surface area contributed by atoms with Crippen LogP contribution in [0, 0.1) is 11.8 Å². The minimum Gasteiger partial charge on any atom is -0.384 e. The zero-order chi connectivity index (χ0) is 13.2. The maximum atomic E-state index is 12.1. The Hall–Kier alpha value is -0.870. The molecule has 1 amide bonds. The number of allylic oxidation sites excluding steroid dienone is 1. The van der Waals surface area contributed by atoms with Crippen LogP contribution in [0.5, 0.6) is 0 Å². The molecule has 2 fully saturated rings. The minimum absolute atomic E-state index is 0.171. The molecule has 1 saturated carbocycles. The van der Waals surface area contributed by atoms with Crippen molar-refractivity contribution in [3.8, 4) is 0 Å². The van der Waals surface area contributed by atoms with Crippen LogP contribution in [-0.4, -0.2) is 38.4 Å². The molecule has 0 bridgehead atoms. The lowest BCUT2D eigenvalue weighted by Crippen LogP contribution is -2.62. The van der Waals surface area contributed by atoms with Gasteiger partial charge in [0.15, 0.2) is 0 Å². The van der Waals surface area contributed by atoms with Gasteiger partial charge in [0.1, 0.15) is 0 Å². The molecule has 0 unspecified atom stereocenters. The standard InChI is InChI=1S/C15H23NO3/c1-18-9-12-14(11-6-7-19-15(11)12)16-13(17)8-10-4-2-3-5-10/h4,11-12,14-15H,2-3,5-9H2,1H3,(H,16,17)/t11-,12+,14+,15-/m0/s1. The summed E-state index contributed by atoms with van der Waals surface area (Å²) in [6.45, 7) is 1.50. The fourth-order valence-corrected chi connectivity index (χ4v) is 3.78. The van der Waals surface area contributed by atoms with Crippen LogP contribution >= 0.6 is 0 Å². The van der Waals surface area contributed by atoms with Gasteiger partial charge in [0.25, 0.3) is 0 Å². The van der Waals surface area contributed by atoms with Gasteiger partial charge in [-0.05, 0) is 25.7 Å². The fourth-order valence-electron chi connectivity index (χ4n) is 3.78. The lowest BCUT2D eigenvalue weighted by molar-refractivity contribution is -0.129. The number of ether oxygens (including phenoxy) is 2. The van der Waals surface area contributed by atoms with Gasteiger partial charge in [-0.15, -0.1) is 0 Å². The average molecular weight is 265 g/mol. The highest BCUT2D eigenvalue weighted by molar-refractivity contribution is 5.79. The summed E-state index contributed by atoms with van der Waals surface area (Å²) < 4.78 is 11.0. The van der Waals surface area contributed by atoms with E-state index in [9.17, 15) is 4.79 Å². The molecule has 1 saturated heterocycles. The van der Waals surface area contributed by atoms with E-state index in [1.165, 1.54) is 12.0 Å². The molecule has 4 nitrogen and oxygen atoms in total. The van der Waals surface area contributed by atoms with Crippen molar-refractivity contribution in [2.45, 2.75) is 44.2 Å². The Kier molecular flexibility index (Phi) is 3.89. The number of rotatable bonds is 5. The zero-order valence-electron chi connectivity index (χ0n) is 11.6. The Morgan fingerprint density at radius 3 is 3.21 bits per heavy atom. The van der Waals surface area contributed by atoms with Crippen LogP contribution in [0.2, 0.25) is 0 Å². The number of hydrogen-bond donors (Lipinski definition) is 1. The van der Waals surface area contributed by atoms with Crippen molar-refractivity contribution in [1.29, 1.82) is 0 Å². The summed E-state index contributed by atoms with van der Waals surface area (Å²) in [7, 11) is 1.71. The average Bonchev–Trinajstić information content (AvgIpc) is 3.02. The van der Waals surface area contributed by atoms with E-state index in [1.54, 1.807) is 7.11 Å². The molecule has 0 aromatic carbocycles. The van der Waals surface area contributed by atoms with Crippen molar-refractivity contribution in [1.82, 2.24) is 5.32 Å². The molecule has 4 atom stereocenters. The zero-order valence-corrected chi connectivity index (χ0v) is 11.6. The van der Waals surface area contributed by atoms with Crippen molar-refractivity contribution in [2.24, 2.45) is 11.8 Å². The SMILES string of the molecule is COC[C@@H]1[C@H](NC(=O)CC2=CCCC2)[C@@H]2CCO[C@H]12. The molecule has 0 radical (unpaired) electrons. The Balaban J connectivity index is 1.54. The number of carbonyl (C=O) groups is 1. The summed E-state index contributed by atoms with van der Waals surface area (Å²) in [4.78, 5) is 12.1. The first-order valence-corrected chi connectivity index (χ1v) is 7.37. The summed E-state index contributed by atoms with van der Waals surface area (Å²) in [5.74, 6) is 1.00. The first kappa shape index (κ1) is 13.1. The second-order valence-electron chi connectivity index (χ2n) is 5.93. The van der Waals surface area contributed by atoms with Crippen LogP contribution in [0.3, 0.4) is 0 Å².